The lowest BCUT2D eigenvalue weighted by molar-refractivity contribution is -0.167. The molecule has 0 heterocycles. The Bertz CT molecular complexity index is 1390. The van der Waals surface area contributed by atoms with Crippen molar-refractivity contribution < 1.29 is 28.6 Å². The van der Waals surface area contributed by atoms with Gasteiger partial charge in [0.1, 0.15) is 13.2 Å². The van der Waals surface area contributed by atoms with E-state index in [9.17, 15) is 14.4 Å². The molecule has 0 rings (SSSR count). The highest BCUT2D eigenvalue weighted by atomic mass is 16.6. The molecule has 0 aromatic heterocycles. The van der Waals surface area contributed by atoms with Crippen LogP contribution in [-0.2, 0) is 28.6 Å². The number of ether oxygens (including phenoxy) is 3. The summed E-state index contributed by atoms with van der Waals surface area (Å²) in [4.78, 5) is 38.2. The number of carbonyl (C=O) groups excluding carboxylic acids is 3. The lowest BCUT2D eigenvalue weighted by Crippen LogP contribution is -2.30. The molecule has 0 radical (unpaired) electrons. The van der Waals surface area contributed by atoms with Crippen LogP contribution in [0.15, 0.2) is 60.8 Å². The van der Waals surface area contributed by atoms with Gasteiger partial charge in [0.05, 0.1) is 0 Å². The van der Waals surface area contributed by atoms with Crippen LogP contribution in [0.2, 0.25) is 0 Å². The highest BCUT2D eigenvalue weighted by Crippen LogP contribution is 2.18. The van der Waals surface area contributed by atoms with Crippen LogP contribution in [-0.4, -0.2) is 37.2 Å². The number of hydrogen-bond donors (Lipinski definition) is 0. The molecule has 6 heteroatoms. The van der Waals surface area contributed by atoms with Gasteiger partial charge in [0.15, 0.2) is 6.10 Å². The lowest BCUT2D eigenvalue weighted by atomic mass is 10.0. The molecule has 454 valence electrons. The fraction of sp³-hybridized carbons (Fsp3) is 0.819. The second-order valence-corrected chi connectivity index (χ2v) is 23.1. The van der Waals surface area contributed by atoms with Crippen LogP contribution in [0.25, 0.3) is 0 Å². The molecule has 0 N–H and O–H groups in total. The Hall–Kier alpha value is -2.89. The summed E-state index contributed by atoms with van der Waals surface area (Å²) in [6.07, 6.45) is 85.5. The molecule has 6 nitrogen and oxygen atoms in total. The van der Waals surface area contributed by atoms with Gasteiger partial charge < -0.3 is 14.2 Å². The van der Waals surface area contributed by atoms with E-state index in [0.717, 1.165) is 83.5 Å². The summed E-state index contributed by atoms with van der Waals surface area (Å²) < 4.78 is 16.9. The van der Waals surface area contributed by atoms with Crippen LogP contribution in [0.3, 0.4) is 0 Å². The molecular formula is C72H130O6. The molecule has 0 bridgehead atoms. The first-order chi connectivity index (χ1) is 38.5. The molecule has 0 fully saturated rings. The quantitative estimate of drug-likeness (QED) is 0.0261. The van der Waals surface area contributed by atoms with Gasteiger partial charge in [-0.25, -0.2) is 0 Å². The van der Waals surface area contributed by atoms with E-state index in [-0.39, 0.29) is 31.1 Å². The number of rotatable bonds is 63. The average Bonchev–Trinajstić information content (AvgIpc) is 3.44. The van der Waals surface area contributed by atoms with Crippen LogP contribution in [0.4, 0.5) is 0 Å². The van der Waals surface area contributed by atoms with E-state index in [2.05, 4.69) is 81.5 Å². The van der Waals surface area contributed by atoms with Crippen LogP contribution in [0.1, 0.15) is 361 Å². The van der Waals surface area contributed by atoms with Crippen molar-refractivity contribution in [2.45, 2.75) is 367 Å². The van der Waals surface area contributed by atoms with Gasteiger partial charge in [-0.05, 0) is 83.5 Å². The minimum absolute atomic E-state index is 0.0697. The predicted octanol–water partition coefficient (Wildman–Crippen LogP) is 23.5. The summed E-state index contributed by atoms with van der Waals surface area (Å²) in [6, 6.07) is 0. The van der Waals surface area contributed by atoms with E-state index in [1.54, 1.807) is 0 Å². The Kier molecular flexibility index (Phi) is 64.2. The highest BCUT2D eigenvalue weighted by Gasteiger charge is 2.19. The van der Waals surface area contributed by atoms with E-state index in [1.165, 1.54) is 238 Å². The summed E-state index contributed by atoms with van der Waals surface area (Å²) in [7, 11) is 0. The molecule has 0 spiro atoms. The van der Waals surface area contributed by atoms with Gasteiger partial charge in [0.25, 0.3) is 0 Å². The summed E-state index contributed by atoms with van der Waals surface area (Å²) in [5, 5.41) is 0. The average molecular weight is 1090 g/mol. The van der Waals surface area contributed by atoms with Gasteiger partial charge in [-0.3, -0.25) is 14.4 Å². The van der Waals surface area contributed by atoms with Crippen LogP contribution in [0, 0.1) is 0 Å². The van der Waals surface area contributed by atoms with Gasteiger partial charge >= 0.3 is 17.9 Å². The molecular weight excluding hydrogens is 961 g/mol. The lowest BCUT2D eigenvalue weighted by Gasteiger charge is -2.18. The highest BCUT2D eigenvalue weighted by molar-refractivity contribution is 5.71. The molecule has 1 atom stereocenters. The first-order valence-corrected chi connectivity index (χ1v) is 34.3. The van der Waals surface area contributed by atoms with Crippen molar-refractivity contribution in [3.8, 4) is 0 Å². The first-order valence-electron chi connectivity index (χ1n) is 34.3. The number of hydrogen-bond acceptors (Lipinski definition) is 6. The maximum absolute atomic E-state index is 12.9. The van der Waals surface area contributed by atoms with Gasteiger partial charge in [-0.1, -0.05) is 319 Å². The molecule has 1 unspecified atom stereocenters. The van der Waals surface area contributed by atoms with Crippen molar-refractivity contribution in [1.82, 2.24) is 0 Å². The normalized spacial score (nSPS) is 12.4. The van der Waals surface area contributed by atoms with Gasteiger partial charge in [0, 0.05) is 19.3 Å². The fourth-order valence-corrected chi connectivity index (χ4v) is 10.1. The van der Waals surface area contributed by atoms with Gasteiger partial charge in [0.2, 0.25) is 0 Å². The zero-order valence-corrected chi connectivity index (χ0v) is 52.2. The van der Waals surface area contributed by atoms with Crippen molar-refractivity contribution >= 4 is 17.9 Å². The second kappa shape index (κ2) is 66.6. The van der Waals surface area contributed by atoms with E-state index in [0.29, 0.717) is 19.3 Å². The standard InChI is InChI=1S/C72H130O6/c1-4-7-10-13-16-19-21-23-25-27-29-31-33-35-36-38-39-41-43-45-47-49-51-53-56-59-62-65-71(74)77-68-69(67-76-70(73)64-61-58-55-18-15-12-9-6-3)78-72(75)66-63-60-57-54-52-50-48-46-44-42-40-37-34-32-30-28-26-24-22-20-17-14-11-8-5-2/h7,10,16,19,23,25,28-31,69H,4-6,8-9,11-15,17-18,20-22,24,26-27,32-68H2,1-3H3/b10-7-,19-16-,25-23-,30-28-,31-29-. The Labute approximate surface area is 485 Å². The first kappa shape index (κ1) is 75.1. The number of allylic oxidation sites excluding steroid dienone is 10. The van der Waals surface area contributed by atoms with Crippen molar-refractivity contribution in [3.05, 3.63) is 60.8 Å². The van der Waals surface area contributed by atoms with Crippen LogP contribution >= 0.6 is 0 Å². The Morgan fingerprint density at radius 2 is 0.500 bits per heavy atom. The van der Waals surface area contributed by atoms with Crippen LogP contribution in [0.5, 0.6) is 0 Å². The van der Waals surface area contributed by atoms with E-state index in [1.807, 2.05) is 0 Å². The summed E-state index contributed by atoms with van der Waals surface area (Å²) >= 11 is 0. The molecule has 0 aromatic rings. The molecule has 0 saturated heterocycles. The maximum atomic E-state index is 12.9. The van der Waals surface area contributed by atoms with Crippen molar-refractivity contribution in [1.29, 1.82) is 0 Å². The SMILES string of the molecule is CC/C=C\C/C=C\C/C=C\C/C=C\CCCCCCCCCCCCCCCCC(=O)OCC(COC(=O)CCCCCCCCCC)OC(=O)CCCCCCCCCCCCCCC/C=C\CCCCCCCCCC. The Morgan fingerprint density at radius 1 is 0.269 bits per heavy atom. The van der Waals surface area contributed by atoms with Crippen molar-refractivity contribution in [2.75, 3.05) is 13.2 Å². The van der Waals surface area contributed by atoms with E-state index < -0.39 is 6.10 Å². The largest absolute Gasteiger partial charge is 0.462 e. The second-order valence-electron chi connectivity index (χ2n) is 23.1. The Morgan fingerprint density at radius 3 is 0.795 bits per heavy atom. The molecule has 0 aliphatic heterocycles. The number of esters is 3. The van der Waals surface area contributed by atoms with Crippen LogP contribution < -0.4 is 0 Å². The third-order valence-corrected chi connectivity index (χ3v) is 15.3. The number of carbonyl (C=O) groups is 3. The summed E-state index contributed by atoms with van der Waals surface area (Å²) in [5.41, 5.74) is 0. The molecule has 78 heavy (non-hydrogen) atoms. The van der Waals surface area contributed by atoms with E-state index >= 15 is 0 Å². The Balaban J connectivity index is 4.10. The maximum Gasteiger partial charge on any atom is 0.306 e. The zero-order chi connectivity index (χ0) is 56.4. The van der Waals surface area contributed by atoms with Crippen molar-refractivity contribution in [2.24, 2.45) is 0 Å². The molecule has 0 amide bonds. The zero-order valence-electron chi connectivity index (χ0n) is 52.2. The molecule has 0 saturated carbocycles. The van der Waals surface area contributed by atoms with Gasteiger partial charge in [-0.2, -0.15) is 0 Å². The molecule has 0 aliphatic rings. The third kappa shape index (κ3) is 63.9. The summed E-state index contributed by atoms with van der Waals surface area (Å²) in [6.45, 7) is 6.55. The smallest absolute Gasteiger partial charge is 0.306 e. The minimum Gasteiger partial charge on any atom is -0.462 e. The third-order valence-electron chi connectivity index (χ3n) is 15.3. The van der Waals surface area contributed by atoms with E-state index in [4.69, 9.17) is 14.2 Å². The fourth-order valence-electron chi connectivity index (χ4n) is 10.1. The van der Waals surface area contributed by atoms with Gasteiger partial charge in [-0.15, -0.1) is 0 Å². The topological polar surface area (TPSA) is 78.9 Å². The monoisotopic (exact) mass is 1090 g/mol. The minimum atomic E-state index is -0.771. The van der Waals surface area contributed by atoms with Crippen molar-refractivity contribution in [3.63, 3.8) is 0 Å². The predicted molar refractivity (Wildman–Crippen MR) is 339 cm³/mol. The molecule has 0 aliphatic carbocycles. The number of unbranched alkanes of at least 4 members (excludes halogenated alkanes) is 42. The molecule has 0 aromatic carbocycles. The summed E-state index contributed by atoms with van der Waals surface area (Å²) in [5.74, 6) is -0.854.